The van der Waals surface area contributed by atoms with Crippen LogP contribution in [-0.4, -0.2) is 65.9 Å². The van der Waals surface area contributed by atoms with Gasteiger partial charge in [0.05, 0.1) is 0 Å². The monoisotopic (exact) mass is 301 g/mol. The Bertz CT molecular complexity index is 474. The van der Waals surface area contributed by atoms with E-state index in [-0.39, 0.29) is 5.91 Å². The number of benzene rings is 1. The molecule has 4 nitrogen and oxygen atoms in total. The quantitative estimate of drug-likeness (QED) is 0.852. The number of hydrogen-bond acceptors (Lipinski definition) is 3. The fourth-order valence-electron chi connectivity index (χ4n) is 3.69. The lowest BCUT2D eigenvalue weighted by Gasteiger charge is -2.42. The lowest BCUT2D eigenvalue weighted by molar-refractivity contribution is -0.131. The summed E-state index contributed by atoms with van der Waals surface area (Å²) in [6.07, 6.45) is 2.51. The summed E-state index contributed by atoms with van der Waals surface area (Å²) in [5.41, 5.74) is 1.41. The van der Waals surface area contributed by atoms with Crippen LogP contribution in [0.15, 0.2) is 30.3 Å². The third kappa shape index (κ3) is 3.87. The molecule has 0 aliphatic carbocycles. The van der Waals surface area contributed by atoms with Crippen molar-refractivity contribution in [2.45, 2.75) is 32.4 Å². The molecule has 2 saturated heterocycles. The van der Waals surface area contributed by atoms with Crippen LogP contribution in [0, 0.1) is 0 Å². The summed E-state index contributed by atoms with van der Waals surface area (Å²) in [6, 6.07) is 11.5. The van der Waals surface area contributed by atoms with Gasteiger partial charge in [0.15, 0.2) is 0 Å². The molecular formula is C18H27N3O. The fraction of sp³-hybridized carbons (Fsp3) is 0.611. The third-order valence-corrected chi connectivity index (χ3v) is 5.08. The normalized spacial score (nSPS) is 22.0. The van der Waals surface area contributed by atoms with Gasteiger partial charge < -0.3 is 4.90 Å². The molecule has 0 atom stereocenters. The zero-order chi connectivity index (χ0) is 15.4. The van der Waals surface area contributed by atoms with E-state index in [0.29, 0.717) is 6.04 Å². The molecule has 4 heteroatoms. The summed E-state index contributed by atoms with van der Waals surface area (Å²) < 4.78 is 0. The number of piperazine rings is 1. The van der Waals surface area contributed by atoms with Gasteiger partial charge in [0, 0.05) is 45.7 Å². The number of amides is 1. The summed E-state index contributed by atoms with van der Waals surface area (Å²) in [5, 5.41) is 0. The van der Waals surface area contributed by atoms with E-state index in [1.165, 1.54) is 31.5 Å². The van der Waals surface area contributed by atoms with Crippen LogP contribution in [0.3, 0.4) is 0 Å². The second kappa shape index (κ2) is 7.25. The van der Waals surface area contributed by atoms with Crippen LogP contribution in [0.5, 0.6) is 0 Å². The maximum atomic E-state index is 11.4. The number of carbonyl (C=O) groups excluding carboxylic acids is 1. The van der Waals surface area contributed by atoms with E-state index in [4.69, 9.17) is 0 Å². The number of piperidine rings is 1. The van der Waals surface area contributed by atoms with Crippen molar-refractivity contribution in [2.75, 3.05) is 39.3 Å². The van der Waals surface area contributed by atoms with Gasteiger partial charge in [-0.25, -0.2) is 0 Å². The van der Waals surface area contributed by atoms with E-state index < -0.39 is 0 Å². The maximum absolute atomic E-state index is 11.4. The minimum atomic E-state index is 0.220. The molecule has 2 aliphatic heterocycles. The van der Waals surface area contributed by atoms with E-state index in [0.717, 1.165) is 32.7 Å². The Labute approximate surface area is 133 Å². The average Bonchev–Trinajstić information content (AvgIpc) is 2.57. The van der Waals surface area contributed by atoms with E-state index in [1.807, 2.05) is 4.90 Å². The molecule has 120 valence electrons. The van der Waals surface area contributed by atoms with E-state index in [9.17, 15) is 4.79 Å². The highest BCUT2D eigenvalue weighted by Gasteiger charge is 2.27. The van der Waals surface area contributed by atoms with Crippen molar-refractivity contribution in [3.63, 3.8) is 0 Å². The van der Waals surface area contributed by atoms with Crippen LogP contribution >= 0.6 is 0 Å². The molecule has 1 amide bonds. The van der Waals surface area contributed by atoms with Crippen LogP contribution in [-0.2, 0) is 11.3 Å². The molecule has 2 aliphatic rings. The Balaban J connectivity index is 1.43. The van der Waals surface area contributed by atoms with Crippen molar-refractivity contribution in [3.8, 4) is 0 Å². The number of likely N-dealkylation sites (tertiary alicyclic amines) is 1. The molecule has 2 heterocycles. The summed E-state index contributed by atoms with van der Waals surface area (Å²) in [5.74, 6) is 0.220. The third-order valence-electron chi connectivity index (χ3n) is 5.08. The van der Waals surface area contributed by atoms with Gasteiger partial charge in [-0.15, -0.1) is 0 Å². The lowest BCUT2D eigenvalue weighted by Crippen LogP contribution is -2.53. The zero-order valence-electron chi connectivity index (χ0n) is 13.6. The van der Waals surface area contributed by atoms with Gasteiger partial charge in [-0.1, -0.05) is 30.3 Å². The van der Waals surface area contributed by atoms with E-state index in [1.54, 1.807) is 6.92 Å². The zero-order valence-corrected chi connectivity index (χ0v) is 13.6. The Hall–Kier alpha value is -1.39. The van der Waals surface area contributed by atoms with Crippen LogP contribution in [0.1, 0.15) is 25.3 Å². The van der Waals surface area contributed by atoms with Crippen molar-refractivity contribution in [3.05, 3.63) is 35.9 Å². The van der Waals surface area contributed by atoms with Gasteiger partial charge in [0.25, 0.3) is 0 Å². The second-order valence-electron chi connectivity index (χ2n) is 6.53. The molecule has 2 fully saturated rings. The van der Waals surface area contributed by atoms with Gasteiger partial charge in [-0.2, -0.15) is 0 Å². The predicted octanol–water partition coefficient (Wildman–Crippen LogP) is 1.82. The largest absolute Gasteiger partial charge is 0.340 e. The second-order valence-corrected chi connectivity index (χ2v) is 6.53. The first-order valence-corrected chi connectivity index (χ1v) is 8.48. The maximum Gasteiger partial charge on any atom is 0.219 e. The van der Waals surface area contributed by atoms with Crippen molar-refractivity contribution in [2.24, 2.45) is 0 Å². The molecule has 0 saturated carbocycles. The molecule has 3 rings (SSSR count). The Morgan fingerprint density at radius 3 is 2.23 bits per heavy atom. The average molecular weight is 301 g/mol. The van der Waals surface area contributed by atoms with Gasteiger partial charge in [0.2, 0.25) is 5.91 Å². The molecule has 0 N–H and O–H groups in total. The van der Waals surface area contributed by atoms with Crippen LogP contribution in [0.4, 0.5) is 0 Å². The summed E-state index contributed by atoms with van der Waals surface area (Å²) in [7, 11) is 0. The number of rotatable bonds is 3. The molecule has 0 spiro atoms. The molecule has 1 aromatic rings. The van der Waals surface area contributed by atoms with Crippen molar-refractivity contribution in [1.82, 2.24) is 14.7 Å². The Morgan fingerprint density at radius 1 is 1.00 bits per heavy atom. The first-order valence-electron chi connectivity index (χ1n) is 8.48. The summed E-state index contributed by atoms with van der Waals surface area (Å²) >= 11 is 0. The number of hydrogen-bond donors (Lipinski definition) is 0. The minimum Gasteiger partial charge on any atom is -0.340 e. The molecular weight excluding hydrogens is 274 g/mol. The van der Waals surface area contributed by atoms with Crippen molar-refractivity contribution >= 4 is 5.91 Å². The number of nitrogens with zero attached hydrogens (tertiary/aromatic N) is 3. The first kappa shape index (κ1) is 15.5. The Morgan fingerprint density at radius 2 is 1.64 bits per heavy atom. The Kier molecular flexibility index (Phi) is 5.11. The standard InChI is InChI=1S/C18H27N3O/c1-16(22)20-11-13-21(14-12-20)18-7-9-19(10-8-18)15-17-5-3-2-4-6-17/h2-6,18H,7-15H2,1H3. The molecule has 0 unspecified atom stereocenters. The first-order chi connectivity index (χ1) is 10.7. The molecule has 0 radical (unpaired) electrons. The van der Waals surface area contributed by atoms with Gasteiger partial charge in [-0.3, -0.25) is 14.6 Å². The lowest BCUT2D eigenvalue weighted by atomic mass is 10.0. The van der Waals surface area contributed by atoms with Gasteiger partial charge >= 0.3 is 0 Å². The summed E-state index contributed by atoms with van der Waals surface area (Å²) in [4.78, 5) is 18.5. The highest BCUT2D eigenvalue weighted by atomic mass is 16.2. The van der Waals surface area contributed by atoms with E-state index >= 15 is 0 Å². The highest BCUT2D eigenvalue weighted by molar-refractivity contribution is 5.73. The van der Waals surface area contributed by atoms with Crippen molar-refractivity contribution < 1.29 is 4.79 Å². The topological polar surface area (TPSA) is 26.8 Å². The van der Waals surface area contributed by atoms with Gasteiger partial charge in [-0.05, 0) is 31.5 Å². The molecule has 0 bridgehead atoms. The SMILES string of the molecule is CC(=O)N1CCN(C2CCN(Cc3ccccc3)CC2)CC1. The molecule has 22 heavy (non-hydrogen) atoms. The van der Waals surface area contributed by atoms with Crippen LogP contribution < -0.4 is 0 Å². The van der Waals surface area contributed by atoms with E-state index in [2.05, 4.69) is 40.1 Å². The van der Waals surface area contributed by atoms with Crippen LogP contribution in [0.2, 0.25) is 0 Å². The number of carbonyl (C=O) groups is 1. The van der Waals surface area contributed by atoms with Crippen LogP contribution in [0.25, 0.3) is 0 Å². The van der Waals surface area contributed by atoms with Crippen molar-refractivity contribution in [1.29, 1.82) is 0 Å². The minimum absolute atomic E-state index is 0.220. The summed E-state index contributed by atoms with van der Waals surface area (Å²) in [6.45, 7) is 9.02. The van der Waals surface area contributed by atoms with Gasteiger partial charge in [0.1, 0.15) is 0 Å². The fourth-order valence-corrected chi connectivity index (χ4v) is 3.69. The predicted molar refractivity (Wildman–Crippen MR) is 88.6 cm³/mol. The molecule has 1 aromatic carbocycles. The smallest absolute Gasteiger partial charge is 0.219 e. The molecule has 0 aromatic heterocycles. The highest BCUT2D eigenvalue weighted by Crippen LogP contribution is 2.19.